The summed E-state index contributed by atoms with van der Waals surface area (Å²) >= 11 is 0. The molecule has 19 heavy (non-hydrogen) atoms. The standard InChI is InChI=1S/C14H21N3O2/c1-9-4-3-5-10(8-9)16-13-11(15)6-7-12(17-13)14(18)19-2/h6-7,9-10H,3-5,8,15H2,1-2H3,(H,16,17). The lowest BCUT2D eigenvalue weighted by molar-refractivity contribution is 0.0594. The smallest absolute Gasteiger partial charge is 0.356 e. The fourth-order valence-electron chi connectivity index (χ4n) is 2.56. The van der Waals surface area contributed by atoms with Crippen LogP contribution in [0.2, 0.25) is 0 Å². The third-order valence-electron chi connectivity index (χ3n) is 3.60. The van der Waals surface area contributed by atoms with Crippen molar-refractivity contribution in [3.63, 3.8) is 0 Å². The molecule has 3 N–H and O–H groups in total. The average molecular weight is 263 g/mol. The van der Waals surface area contributed by atoms with E-state index in [2.05, 4.69) is 22.0 Å². The summed E-state index contributed by atoms with van der Waals surface area (Å²) in [5.74, 6) is 0.860. The van der Waals surface area contributed by atoms with E-state index in [9.17, 15) is 4.79 Å². The molecule has 1 aliphatic rings. The number of nitrogen functional groups attached to an aromatic ring is 1. The molecule has 2 atom stereocenters. The van der Waals surface area contributed by atoms with Gasteiger partial charge in [-0.3, -0.25) is 0 Å². The number of carbonyl (C=O) groups is 1. The number of hydrogen-bond donors (Lipinski definition) is 2. The predicted octanol–water partition coefficient (Wildman–Crippen LogP) is 2.44. The summed E-state index contributed by atoms with van der Waals surface area (Å²) < 4.78 is 4.67. The Balaban J connectivity index is 2.12. The number of pyridine rings is 1. The van der Waals surface area contributed by atoms with Gasteiger partial charge < -0.3 is 15.8 Å². The highest BCUT2D eigenvalue weighted by molar-refractivity contribution is 5.88. The molecule has 2 unspecified atom stereocenters. The molecule has 0 amide bonds. The van der Waals surface area contributed by atoms with Gasteiger partial charge in [-0.05, 0) is 30.9 Å². The van der Waals surface area contributed by atoms with Gasteiger partial charge in [0.25, 0.3) is 0 Å². The van der Waals surface area contributed by atoms with Gasteiger partial charge >= 0.3 is 5.97 Å². The number of carbonyl (C=O) groups excluding carboxylic acids is 1. The highest BCUT2D eigenvalue weighted by Crippen LogP contribution is 2.27. The minimum absolute atomic E-state index is 0.281. The van der Waals surface area contributed by atoms with Gasteiger partial charge in [0.15, 0.2) is 5.69 Å². The molecule has 5 nitrogen and oxygen atoms in total. The highest BCUT2D eigenvalue weighted by Gasteiger charge is 2.20. The molecule has 0 aliphatic heterocycles. The highest BCUT2D eigenvalue weighted by atomic mass is 16.5. The molecule has 1 fully saturated rings. The van der Waals surface area contributed by atoms with E-state index in [1.54, 1.807) is 12.1 Å². The number of nitrogens with zero attached hydrogens (tertiary/aromatic N) is 1. The molecule has 1 aromatic rings. The Morgan fingerprint density at radius 2 is 2.26 bits per heavy atom. The number of esters is 1. The number of rotatable bonds is 3. The zero-order chi connectivity index (χ0) is 13.8. The first kappa shape index (κ1) is 13.6. The van der Waals surface area contributed by atoms with Crippen LogP contribution in [0.1, 0.15) is 43.1 Å². The summed E-state index contributed by atoms with van der Waals surface area (Å²) in [7, 11) is 1.34. The first-order chi connectivity index (χ1) is 9.10. The summed E-state index contributed by atoms with van der Waals surface area (Å²) in [4.78, 5) is 15.7. The Kier molecular flexibility index (Phi) is 4.24. The third kappa shape index (κ3) is 3.36. The minimum atomic E-state index is -0.444. The van der Waals surface area contributed by atoms with E-state index in [0.717, 1.165) is 18.8 Å². The summed E-state index contributed by atoms with van der Waals surface area (Å²) in [6.45, 7) is 2.26. The fraction of sp³-hybridized carbons (Fsp3) is 0.571. The molecule has 1 aromatic heterocycles. The van der Waals surface area contributed by atoms with Crippen LogP contribution in [0.25, 0.3) is 0 Å². The fourth-order valence-corrected chi connectivity index (χ4v) is 2.56. The van der Waals surface area contributed by atoms with Crippen molar-refractivity contribution in [1.82, 2.24) is 4.98 Å². The molecule has 2 rings (SSSR count). The van der Waals surface area contributed by atoms with E-state index >= 15 is 0 Å². The molecular formula is C14H21N3O2. The Bertz CT molecular complexity index is 462. The minimum Gasteiger partial charge on any atom is -0.464 e. The maximum atomic E-state index is 11.5. The van der Waals surface area contributed by atoms with Gasteiger partial charge in [0.05, 0.1) is 12.8 Å². The normalized spacial score (nSPS) is 22.8. The summed E-state index contributed by atoms with van der Waals surface area (Å²) in [6.07, 6.45) is 4.73. The van der Waals surface area contributed by atoms with Crippen LogP contribution in [0.5, 0.6) is 0 Å². The van der Waals surface area contributed by atoms with Crippen LogP contribution in [0, 0.1) is 5.92 Å². The van der Waals surface area contributed by atoms with Crippen molar-refractivity contribution in [1.29, 1.82) is 0 Å². The van der Waals surface area contributed by atoms with Gasteiger partial charge in [0, 0.05) is 6.04 Å². The first-order valence-electron chi connectivity index (χ1n) is 6.71. The van der Waals surface area contributed by atoms with Crippen molar-refractivity contribution in [2.45, 2.75) is 38.6 Å². The number of ether oxygens (including phenoxy) is 1. The van der Waals surface area contributed by atoms with Crippen LogP contribution >= 0.6 is 0 Å². The number of aromatic nitrogens is 1. The van der Waals surface area contributed by atoms with Crippen molar-refractivity contribution in [3.05, 3.63) is 17.8 Å². The van der Waals surface area contributed by atoms with Gasteiger partial charge in [-0.15, -0.1) is 0 Å². The maximum absolute atomic E-state index is 11.5. The largest absolute Gasteiger partial charge is 0.464 e. The Labute approximate surface area is 113 Å². The van der Waals surface area contributed by atoms with Gasteiger partial charge in [-0.25, -0.2) is 9.78 Å². The lowest BCUT2D eigenvalue weighted by atomic mass is 9.87. The van der Waals surface area contributed by atoms with Crippen LogP contribution in [-0.2, 0) is 4.74 Å². The van der Waals surface area contributed by atoms with E-state index in [1.807, 2.05) is 0 Å². The van der Waals surface area contributed by atoms with E-state index in [-0.39, 0.29) is 5.69 Å². The third-order valence-corrected chi connectivity index (χ3v) is 3.60. The lowest BCUT2D eigenvalue weighted by Gasteiger charge is -2.28. The maximum Gasteiger partial charge on any atom is 0.356 e. The van der Waals surface area contributed by atoms with Crippen LogP contribution in [0.3, 0.4) is 0 Å². The second-order valence-corrected chi connectivity index (χ2v) is 5.24. The number of hydrogen-bond acceptors (Lipinski definition) is 5. The topological polar surface area (TPSA) is 77.2 Å². The Morgan fingerprint density at radius 3 is 2.95 bits per heavy atom. The van der Waals surface area contributed by atoms with Crippen molar-refractivity contribution in [2.24, 2.45) is 5.92 Å². The number of nitrogens with one attached hydrogen (secondary N) is 1. The van der Waals surface area contributed by atoms with Crippen LogP contribution in [0.4, 0.5) is 11.5 Å². The average Bonchev–Trinajstić information content (AvgIpc) is 2.40. The first-order valence-corrected chi connectivity index (χ1v) is 6.71. The zero-order valence-electron chi connectivity index (χ0n) is 11.5. The van der Waals surface area contributed by atoms with Crippen LogP contribution in [-0.4, -0.2) is 24.1 Å². The quantitative estimate of drug-likeness (QED) is 0.819. The van der Waals surface area contributed by atoms with Crippen molar-refractivity contribution in [3.8, 4) is 0 Å². The van der Waals surface area contributed by atoms with Crippen molar-refractivity contribution >= 4 is 17.5 Å². The van der Waals surface area contributed by atoms with Gasteiger partial charge in [-0.1, -0.05) is 19.8 Å². The molecule has 0 saturated heterocycles. The van der Waals surface area contributed by atoms with Gasteiger partial charge in [0.1, 0.15) is 5.82 Å². The van der Waals surface area contributed by atoms with E-state index in [4.69, 9.17) is 5.73 Å². The Morgan fingerprint density at radius 1 is 1.47 bits per heavy atom. The molecule has 5 heteroatoms. The summed E-state index contributed by atoms with van der Waals surface area (Å²) in [5.41, 5.74) is 6.75. The predicted molar refractivity (Wildman–Crippen MR) is 75.0 cm³/mol. The lowest BCUT2D eigenvalue weighted by Crippen LogP contribution is -2.27. The molecule has 0 aromatic carbocycles. The molecule has 104 valence electrons. The SMILES string of the molecule is COC(=O)c1ccc(N)c(NC2CCCC(C)C2)n1. The number of nitrogens with two attached hydrogens (primary N) is 1. The number of anilines is 2. The second kappa shape index (κ2) is 5.91. The van der Waals surface area contributed by atoms with Crippen LogP contribution < -0.4 is 11.1 Å². The monoisotopic (exact) mass is 263 g/mol. The molecule has 0 bridgehead atoms. The molecule has 0 spiro atoms. The van der Waals surface area contributed by atoms with E-state index < -0.39 is 5.97 Å². The van der Waals surface area contributed by atoms with E-state index in [0.29, 0.717) is 17.5 Å². The Hall–Kier alpha value is -1.78. The molecule has 0 radical (unpaired) electrons. The molecular weight excluding hydrogens is 242 g/mol. The molecule has 1 heterocycles. The molecule has 1 saturated carbocycles. The van der Waals surface area contributed by atoms with Gasteiger partial charge in [0.2, 0.25) is 0 Å². The van der Waals surface area contributed by atoms with E-state index in [1.165, 1.54) is 20.0 Å². The second-order valence-electron chi connectivity index (χ2n) is 5.24. The van der Waals surface area contributed by atoms with Crippen LogP contribution in [0.15, 0.2) is 12.1 Å². The summed E-state index contributed by atoms with van der Waals surface area (Å²) in [5, 5.41) is 3.36. The zero-order valence-corrected chi connectivity index (χ0v) is 11.5. The van der Waals surface area contributed by atoms with Gasteiger partial charge in [-0.2, -0.15) is 0 Å². The van der Waals surface area contributed by atoms with Crippen molar-refractivity contribution < 1.29 is 9.53 Å². The summed E-state index contributed by atoms with van der Waals surface area (Å²) in [6, 6.07) is 3.65. The van der Waals surface area contributed by atoms with Crippen molar-refractivity contribution in [2.75, 3.05) is 18.2 Å². The molecule has 1 aliphatic carbocycles. The number of methoxy groups -OCH3 is 1.